The van der Waals surface area contributed by atoms with Gasteiger partial charge in [-0.25, -0.2) is 9.97 Å². The summed E-state index contributed by atoms with van der Waals surface area (Å²) in [5, 5.41) is 6.21. The molecular weight excluding hydrogens is 336 g/mol. The van der Waals surface area contributed by atoms with Crippen LogP contribution < -0.4 is 10.6 Å². The highest BCUT2D eigenvalue weighted by atomic mass is 16.1. The van der Waals surface area contributed by atoms with Gasteiger partial charge in [0.2, 0.25) is 5.95 Å². The van der Waals surface area contributed by atoms with E-state index in [1.165, 1.54) is 5.56 Å². The molecule has 0 fully saturated rings. The minimum absolute atomic E-state index is 0.248. The largest absolute Gasteiger partial charge is 0.324 e. The van der Waals surface area contributed by atoms with Gasteiger partial charge in [-0.15, -0.1) is 0 Å². The van der Waals surface area contributed by atoms with Gasteiger partial charge in [-0.2, -0.15) is 0 Å². The van der Waals surface area contributed by atoms with Gasteiger partial charge in [-0.05, 0) is 69.0 Å². The predicted octanol–water partition coefficient (Wildman–Crippen LogP) is 5.01. The summed E-state index contributed by atoms with van der Waals surface area (Å²) in [7, 11) is 0. The number of nitrogens with one attached hydrogen (secondary N) is 2. The molecule has 0 bridgehead atoms. The fourth-order valence-corrected chi connectivity index (χ4v) is 2.94. The van der Waals surface area contributed by atoms with Crippen LogP contribution >= 0.6 is 0 Å². The van der Waals surface area contributed by atoms with E-state index < -0.39 is 0 Å². The van der Waals surface area contributed by atoms with E-state index in [1.54, 1.807) is 6.07 Å². The summed E-state index contributed by atoms with van der Waals surface area (Å²) in [5.41, 5.74) is 7.16. The molecule has 0 aliphatic heterocycles. The van der Waals surface area contributed by atoms with E-state index in [-0.39, 0.29) is 5.91 Å². The predicted molar refractivity (Wildman–Crippen MR) is 110 cm³/mol. The van der Waals surface area contributed by atoms with E-state index in [4.69, 9.17) is 0 Å². The summed E-state index contributed by atoms with van der Waals surface area (Å²) in [5.74, 6) is 0.164. The molecular formula is C22H24N4O. The van der Waals surface area contributed by atoms with Crippen LogP contribution in [0, 0.1) is 34.6 Å². The van der Waals surface area contributed by atoms with Crippen LogP contribution in [0.15, 0.2) is 42.5 Å². The Hall–Kier alpha value is -3.21. The molecule has 3 rings (SSSR count). The third-order valence-electron chi connectivity index (χ3n) is 4.66. The van der Waals surface area contributed by atoms with E-state index in [0.717, 1.165) is 33.8 Å². The summed E-state index contributed by atoms with van der Waals surface area (Å²) in [6.07, 6.45) is 0. The number of hydrogen-bond acceptors (Lipinski definition) is 4. The molecule has 0 saturated heterocycles. The van der Waals surface area contributed by atoms with Crippen molar-refractivity contribution >= 4 is 23.2 Å². The lowest BCUT2D eigenvalue weighted by atomic mass is 10.1. The van der Waals surface area contributed by atoms with Crippen LogP contribution in [0.4, 0.5) is 17.3 Å². The fourth-order valence-electron chi connectivity index (χ4n) is 2.94. The van der Waals surface area contributed by atoms with Gasteiger partial charge in [0.05, 0.1) is 0 Å². The average Bonchev–Trinajstić information content (AvgIpc) is 2.61. The fraction of sp³-hybridized carbons (Fsp3) is 0.227. The standard InChI is InChI=1S/C22H24N4O/c1-13-8-7-11-18(17(13)5)24-22-23-16(4)12-19(25-22)21(27)26-20-14(2)9-6-10-15(20)3/h6-12H,1-5H3,(H,26,27)(H,23,24,25). The molecule has 1 aromatic heterocycles. The molecule has 2 N–H and O–H groups in total. The van der Waals surface area contributed by atoms with Gasteiger partial charge in [-0.1, -0.05) is 30.3 Å². The average molecular weight is 360 g/mol. The van der Waals surface area contributed by atoms with Gasteiger partial charge >= 0.3 is 0 Å². The minimum atomic E-state index is -0.248. The SMILES string of the molecule is Cc1cc(C(=O)Nc2c(C)cccc2C)nc(Nc2cccc(C)c2C)n1. The van der Waals surface area contributed by atoms with Gasteiger partial charge in [0.1, 0.15) is 5.69 Å². The van der Waals surface area contributed by atoms with Crippen LogP contribution in [0.5, 0.6) is 0 Å². The Labute approximate surface area is 159 Å². The Kier molecular flexibility index (Phi) is 5.21. The highest BCUT2D eigenvalue weighted by Crippen LogP contribution is 2.23. The first-order valence-corrected chi connectivity index (χ1v) is 8.91. The van der Waals surface area contributed by atoms with Crippen molar-refractivity contribution < 1.29 is 4.79 Å². The van der Waals surface area contributed by atoms with Crippen LogP contribution in [0.1, 0.15) is 38.4 Å². The van der Waals surface area contributed by atoms with Gasteiger partial charge in [0.25, 0.3) is 5.91 Å². The van der Waals surface area contributed by atoms with Crippen LogP contribution in [0.2, 0.25) is 0 Å². The lowest BCUT2D eigenvalue weighted by Gasteiger charge is -2.13. The molecule has 1 heterocycles. The zero-order valence-electron chi connectivity index (χ0n) is 16.3. The van der Waals surface area contributed by atoms with Gasteiger partial charge < -0.3 is 10.6 Å². The van der Waals surface area contributed by atoms with E-state index in [2.05, 4.69) is 33.6 Å². The second kappa shape index (κ2) is 7.58. The molecule has 3 aromatic rings. The molecule has 1 amide bonds. The second-order valence-corrected chi connectivity index (χ2v) is 6.81. The molecule has 27 heavy (non-hydrogen) atoms. The number of amides is 1. The number of carbonyl (C=O) groups is 1. The second-order valence-electron chi connectivity index (χ2n) is 6.81. The number of anilines is 3. The Morgan fingerprint density at radius 1 is 0.852 bits per heavy atom. The smallest absolute Gasteiger partial charge is 0.274 e. The Morgan fingerprint density at radius 2 is 1.48 bits per heavy atom. The lowest BCUT2D eigenvalue weighted by molar-refractivity contribution is 0.102. The molecule has 5 heteroatoms. The van der Waals surface area contributed by atoms with Gasteiger partial charge in [0, 0.05) is 17.1 Å². The molecule has 0 aliphatic carbocycles. The third kappa shape index (κ3) is 4.14. The van der Waals surface area contributed by atoms with Crippen LogP contribution in [-0.2, 0) is 0 Å². The van der Waals surface area contributed by atoms with Crippen molar-refractivity contribution in [2.45, 2.75) is 34.6 Å². The highest BCUT2D eigenvalue weighted by Gasteiger charge is 2.14. The first-order chi connectivity index (χ1) is 12.8. The Bertz CT molecular complexity index is 991. The lowest BCUT2D eigenvalue weighted by Crippen LogP contribution is -2.17. The quantitative estimate of drug-likeness (QED) is 0.686. The molecule has 0 aliphatic rings. The third-order valence-corrected chi connectivity index (χ3v) is 4.66. The van der Waals surface area contributed by atoms with E-state index in [0.29, 0.717) is 11.6 Å². The van der Waals surface area contributed by atoms with Crippen LogP contribution in [-0.4, -0.2) is 15.9 Å². The molecule has 138 valence electrons. The Balaban J connectivity index is 1.89. The monoisotopic (exact) mass is 360 g/mol. The van der Waals surface area contributed by atoms with Gasteiger partial charge in [0.15, 0.2) is 0 Å². The first-order valence-electron chi connectivity index (χ1n) is 8.91. The highest BCUT2D eigenvalue weighted by molar-refractivity contribution is 6.04. The number of nitrogens with zero attached hydrogens (tertiary/aromatic N) is 2. The maximum Gasteiger partial charge on any atom is 0.274 e. The van der Waals surface area contributed by atoms with E-state index in [1.807, 2.05) is 58.0 Å². The van der Waals surface area contributed by atoms with Crippen molar-refractivity contribution in [2.75, 3.05) is 10.6 Å². The van der Waals surface area contributed by atoms with Crippen molar-refractivity contribution in [3.63, 3.8) is 0 Å². The summed E-state index contributed by atoms with van der Waals surface area (Å²) < 4.78 is 0. The van der Waals surface area contributed by atoms with E-state index >= 15 is 0 Å². The number of carbonyl (C=O) groups excluding carboxylic acids is 1. The molecule has 5 nitrogen and oxygen atoms in total. The van der Waals surface area contributed by atoms with Crippen molar-refractivity contribution in [1.29, 1.82) is 0 Å². The summed E-state index contributed by atoms with van der Waals surface area (Å²) in [4.78, 5) is 21.6. The van der Waals surface area contributed by atoms with Crippen molar-refractivity contribution in [1.82, 2.24) is 9.97 Å². The van der Waals surface area contributed by atoms with Crippen molar-refractivity contribution in [3.05, 3.63) is 76.1 Å². The number of benzene rings is 2. The molecule has 0 spiro atoms. The number of para-hydroxylation sites is 1. The molecule has 0 unspecified atom stereocenters. The number of rotatable bonds is 4. The zero-order chi connectivity index (χ0) is 19.6. The summed E-state index contributed by atoms with van der Waals surface area (Å²) in [6, 6.07) is 13.6. The zero-order valence-corrected chi connectivity index (χ0v) is 16.3. The number of aryl methyl sites for hydroxylation is 4. The van der Waals surface area contributed by atoms with E-state index in [9.17, 15) is 4.79 Å². The molecule has 0 radical (unpaired) electrons. The first kappa shape index (κ1) is 18.6. The minimum Gasteiger partial charge on any atom is -0.324 e. The Morgan fingerprint density at radius 3 is 2.19 bits per heavy atom. The topological polar surface area (TPSA) is 66.9 Å². The van der Waals surface area contributed by atoms with Gasteiger partial charge in [-0.3, -0.25) is 4.79 Å². The summed E-state index contributed by atoms with van der Waals surface area (Å²) >= 11 is 0. The maximum absolute atomic E-state index is 12.8. The normalized spacial score (nSPS) is 10.6. The van der Waals surface area contributed by atoms with Crippen LogP contribution in [0.25, 0.3) is 0 Å². The summed E-state index contributed by atoms with van der Waals surface area (Å²) in [6.45, 7) is 9.90. The maximum atomic E-state index is 12.8. The number of aromatic nitrogens is 2. The molecule has 0 atom stereocenters. The van der Waals surface area contributed by atoms with Crippen molar-refractivity contribution in [2.24, 2.45) is 0 Å². The molecule has 2 aromatic carbocycles. The number of hydrogen-bond donors (Lipinski definition) is 2. The molecule has 0 saturated carbocycles. The van der Waals surface area contributed by atoms with Crippen LogP contribution in [0.3, 0.4) is 0 Å². The van der Waals surface area contributed by atoms with Crippen molar-refractivity contribution in [3.8, 4) is 0 Å².